The minimum atomic E-state index is -0.232. The number of fused-ring (bicyclic) bond motifs is 1. The van der Waals surface area contributed by atoms with Gasteiger partial charge in [0, 0.05) is 43.8 Å². The SMILES string of the molecule is CN(C)C(=O)CN=C(NCCc1c[nH]c2ccc(F)cc12)NC1CCCCC1.I. The number of aliphatic imine (C=N–C) groups is 1. The summed E-state index contributed by atoms with van der Waals surface area (Å²) in [5.74, 6) is 0.412. The summed E-state index contributed by atoms with van der Waals surface area (Å²) >= 11 is 0. The molecule has 1 fully saturated rings. The lowest BCUT2D eigenvalue weighted by Crippen LogP contribution is -2.45. The normalized spacial score (nSPS) is 15.1. The standard InChI is InChI=1S/C21H30FN5O.HI/c1-27(2)20(28)14-25-21(26-17-6-4-3-5-7-17)23-11-10-15-13-24-19-9-8-16(22)12-18(15)19;/h8-9,12-13,17,24H,3-7,10-11,14H2,1-2H3,(H2,23,25,26);1H. The van der Waals surface area contributed by atoms with Crippen LogP contribution in [-0.2, 0) is 11.2 Å². The molecule has 6 nitrogen and oxygen atoms in total. The molecule has 0 unspecified atom stereocenters. The van der Waals surface area contributed by atoms with Crippen molar-refractivity contribution in [1.82, 2.24) is 20.5 Å². The van der Waals surface area contributed by atoms with Crippen LogP contribution in [0.3, 0.4) is 0 Å². The molecule has 1 aliphatic carbocycles. The molecule has 0 atom stereocenters. The quantitative estimate of drug-likeness (QED) is 0.314. The van der Waals surface area contributed by atoms with Gasteiger partial charge in [0.15, 0.2) is 5.96 Å². The predicted molar refractivity (Wildman–Crippen MR) is 126 cm³/mol. The van der Waals surface area contributed by atoms with Gasteiger partial charge in [-0.2, -0.15) is 0 Å². The molecule has 2 aromatic rings. The number of carbonyl (C=O) groups is 1. The Morgan fingerprint density at radius 1 is 1.28 bits per heavy atom. The van der Waals surface area contributed by atoms with Gasteiger partial charge in [0.25, 0.3) is 0 Å². The van der Waals surface area contributed by atoms with Crippen molar-refractivity contribution in [2.24, 2.45) is 4.99 Å². The van der Waals surface area contributed by atoms with Crippen LogP contribution in [0.15, 0.2) is 29.4 Å². The minimum absolute atomic E-state index is 0. The van der Waals surface area contributed by atoms with Crippen LogP contribution in [0, 0.1) is 5.82 Å². The lowest BCUT2D eigenvalue weighted by atomic mass is 9.96. The second-order valence-corrected chi connectivity index (χ2v) is 7.61. The molecule has 1 saturated carbocycles. The fourth-order valence-electron chi connectivity index (χ4n) is 3.55. The maximum Gasteiger partial charge on any atom is 0.243 e. The number of amides is 1. The first kappa shape index (κ1) is 23.4. The number of H-pyrrole nitrogens is 1. The van der Waals surface area contributed by atoms with E-state index in [-0.39, 0.29) is 42.2 Å². The summed E-state index contributed by atoms with van der Waals surface area (Å²) in [6, 6.07) is 5.18. The third-order valence-corrected chi connectivity index (χ3v) is 5.23. The largest absolute Gasteiger partial charge is 0.361 e. The van der Waals surface area contributed by atoms with E-state index in [1.165, 1.54) is 25.3 Å². The molecule has 1 aromatic carbocycles. The Hall–Kier alpha value is -1.84. The average molecular weight is 515 g/mol. The number of hydrogen-bond acceptors (Lipinski definition) is 2. The zero-order chi connectivity index (χ0) is 19.9. The minimum Gasteiger partial charge on any atom is -0.361 e. The molecular formula is C21H31FIN5O. The summed E-state index contributed by atoms with van der Waals surface area (Å²) in [4.78, 5) is 21.1. The molecule has 3 N–H and O–H groups in total. The second kappa shape index (κ2) is 11.4. The van der Waals surface area contributed by atoms with Crippen molar-refractivity contribution < 1.29 is 9.18 Å². The molecule has 160 valence electrons. The zero-order valence-corrected chi connectivity index (χ0v) is 19.5. The molecule has 0 radical (unpaired) electrons. The highest BCUT2D eigenvalue weighted by molar-refractivity contribution is 14.0. The van der Waals surface area contributed by atoms with Crippen LogP contribution >= 0.6 is 24.0 Å². The van der Waals surface area contributed by atoms with Gasteiger partial charge in [-0.3, -0.25) is 4.79 Å². The van der Waals surface area contributed by atoms with E-state index in [2.05, 4.69) is 20.6 Å². The van der Waals surface area contributed by atoms with Crippen LogP contribution < -0.4 is 10.6 Å². The summed E-state index contributed by atoms with van der Waals surface area (Å²) in [7, 11) is 3.46. The number of nitrogens with zero attached hydrogens (tertiary/aromatic N) is 2. The molecule has 29 heavy (non-hydrogen) atoms. The number of halogens is 2. The van der Waals surface area contributed by atoms with Crippen LogP contribution in [0.5, 0.6) is 0 Å². The highest BCUT2D eigenvalue weighted by Gasteiger charge is 2.15. The summed E-state index contributed by atoms with van der Waals surface area (Å²) in [5, 5.41) is 7.72. The fourth-order valence-corrected chi connectivity index (χ4v) is 3.55. The van der Waals surface area contributed by atoms with E-state index in [0.29, 0.717) is 18.5 Å². The van der Waals surface area contributed by atoms with Crippen LogP contribution in [0.4, 0.5) is 4.39 Å². The number of guanidine groups is 1. The van der Waals surface area contributed by atoms with Crippen molar-refractivity contribution in [3.05, 3.63) is 35.8 Å². The van der Waals surface area contributed by atoms with Crippen LogP contribution in [-0.4, -0.2) is 55.0 Å². The number of benzene rings is 1. The van der Waals surface area contributed by atoms with Gasteiger partial charge in [0.2, 0.25) is 5.91 Å². The predicted octanol–water partition coefficient (Wildman–Crippen LogP) is 3.42. The Balaban J connectivity index is 0.00000300. The highest BCUT2D eigenvalue weighted by atomic mass is 127. The van der Waals surface area contributed by atoms with Gasteiger partial charge >= 0.3 is 0 Å². The third-order valence-electron chi connectivity index (χ3n) is 5.23. The van der Waals surface area contributed by atoms with Gasteiger partial charge in [-0.15, -0.1) is 24.0 Å². The van der Waals surface area contributed by atoms with Gasteiger partial charge in [0.05, 0.1) is 0 Å². The summed E-state index contributed by atoms with van der Waals surface area (Å²) in [5.41, 5.74) is 1.99. The van der Waals surface area contributed by atoms with Crippen molar-refractivity contribution in [3.63, 3.8) is 0 Å². The summed E-state index contributed by atoms with van der Waals surface area (Å²) in [6.07, 6.45) is 8.65. The van der Waals surface area contributed by atoms with Crippen LogP contribution in [0.1, 0.15) is 37.7 Å². The third kappa shape index (κ3) is 6.87. The van der Waals surface area contributed by atoms with Crippen LogP contribution in [0.2, 0.25) is 0 Å². The lowest BCUT2D eigenvalue weighted by molar-refractivity contribution is -0.127. The van der Waals surface area contributed by atoms with Crippen molar-refractivity contribution in [1.29, 1.82) is 0 Å². The molecule has 1 aromatic heterocycles. The number of aromatic nitrogens is 1. The Bertz CT molecular complexity index is 830. The van der Waals surface area contributed by atoms with Crippen molar-refractivity contribution >= 4 is 46.7 Å². The molecule has 1 heterocycles. The number of likely N-dealkylation sites (N-methyl/N-ethyl adjacent to an activating group) is 1. The van der Waals surface area contributed by atoms with E-state index >= 15 is 0 Å². The smallest absolute Gasteiger partial charge is 0.243 e. The molecule has 8 heteroatoms. The van der Waals surface area contributed by atoms with E-state index in [4.69, 9.17) is 0 Å². The fraction of sp³-hybridized carbons (Fsp3) is 0.524. The molecule has 0 saturated heterocycles. The Morgan fingerprint density at radius 2 is 2.03 bits per heavy atom. The number of aromatic amines is 1. The number of hydrogen-bond donors (Lipinski definition) is 3. The van der Waals surface area contributed by atoms with Gasteiger partial charge in [0.1, 0.15) is 12.4 Å². The number of nitrogens with one attached hydrogen (secondary N) is 3. The van der Waals surface area contributed by atoms with Gasteiger partial charge < -0.3 is 20.5 Å². The molecule has 0 spiro atoms. The Labute approximate surface area is 188 Å². The molecule has 0 bridgehead atoms. The van der Waals surface area contributed by atoms with Crippen molar-refractivity contribution in [2.45, 2.75) is 44.6 Å². The van der Waals surface area contributed by atoms with E-state index in [1.807, 2.05) is 6.20 Å². The first-order valence-electron chi connectivity index (χ1n) is 10.0. The van der Waals surface area contributed by atoms with Crippen molar-refractivity contribution in [3.8, 4) is 0 Å². The highest BCUT2D eigenvalue weighted by Crippen LogP contribution is 2.20. The zero-order valence-electron chi connectivity index (χ0n) is 17.1. The topological polar surface area (TPSA) is 72.5 Å². The van der Waals surface area contributed by atoms with E-state index < -0.39 is 0 Å². The maximum absolute atomic E-state index is 13.6. The first-order chi connectivity index (χ1) is 13.5. The Kier molecular flexibility index (Phi) is 9.19. The Morgan fingerprint density at radius 3 is 2.76 bits per heavy atom. The van der Waals surface area contributed by atoms with E-state index in [9.17, 15) is 9.18 Å². The molecule has 1 amide bonds. The molecular weight excluding hydrogens is 484 g/mol. The number of rotatable bonds is 6. The summed E-state index contributed by atoms with van der Waals surface area (Å²) < 4.78 is 13.6. The van der Waals surface area contributed by atoms with Gasteiger partial charge in [-0.25, -0.2) is 9.38 Å². The van der Waals surface area contributed by atoms with E-state index in [1.54, 1.807) is 31.1 Å². The van der Waals surface area contributed by atoms with Crippen LogP contribution in [0.25, 0.3) is 10.9 Å². The monoisotopic (exact) mass is 515 g/mol. The van der Waals surface area contributed by atoms with Crippen molar-refractivity contribution in [2.75, 3.05) is 27.2 Å². The molecule has 0 aliphatic heterocycles. The summed E-state index contributed by atoms with van der Waals surface area (Å²) in [6.45, 7) is 0.769. The first-order valence-corrected chi connectivity index (χ1v) is 10.0. The van der Waals surface area contributed by atoms with Gasteiger partial charge in [-0.05, 0) is 43.0 Å². The molecule has 3 rings (SSSR count). The number of carbonyl (C=O) groups excluding carboxylic acids is 1. The molecule has 1 aliphatic rings. The second-order valence-electron chi connectivity index (χ2n) is 7.61. The maximum atomic E-state index is 13.6. The lowest BCUT2D eigenvalue weighted by Gasteiger charge is -2.25. The van der Waals surface area contributed by atoms with E-state index in [0.717, 1.165) is 35.7 Å². The van der Waals surface area contributed by atoms with Gasteiger partial charge in [-0.1, -0.05) is 19.3 Å². The average Bonchev–Trinajstić information content (AvgIpc) is 3.08.